The Balaban J connectivity index is 1.38. The van der Waals surface area contributed by atoms with Gasteiger partial charge < -0.3 is 10.1 Å². The van der Waals surface area contributed by atoms with Crippen LogP contribution in [0.4, 0.5) is 5.69 Å². The Morgan fingerprint density at radius 3 is 2.11 bits per heavy atom. The molecule has 2 aliphatic carbocycles. The molecule has 5 atom stereocenters. The lowest BCUT2D eigenvalue weighted by atomic mass is 9.85. The normalized spacial score (nSPS) is 25.2. The van der Waals surface area contributed by atoms with E-state index in [1.54, 1.807) is 38.1 Å². The summed E-state index contributed by atoms with van der Waals surface area (Å²) in [5, 5.41) is 2.84. The highest BCUT2D eigenvalue weighted by atomic mass is 16.5. The number of rotatable bonds is 7. The van der Waals surface area contributed by atoms with Crippen LogP contribution < -0.4 is 5.32 Å². The molecule has 2 fully saturated rings. The lowest BCUT2D eigenvalue weighted by Gasteiger charge is -2.27. The summed E-state index contributed by atoms with van der Waals surface area (Å²) in [6, 6.07) is 14.8. The number of nitrogens with zero attached hydrogens (tertiary/aromatic N) is 1. The van der Waals surface area contributed by atoms with Gasteiger partial charge in [0.2, 0.25) is 17.7 Å². The number of benzene rings is 2. The van der Waals surface area contributed by atoms with Crippen LogP contribution in [0.2, 0.25) is 0 Å². The first-order valence-electron chi connectivity index (χ1n) is 12.0. The van der Waals surface area contributed by atoms with E-state index in [4.69, 9.17) is 4.74 Å². The third-order valence-electron chi connectivity index (χ3n) is 7.12. The Labute approximate surface area is 204 Å². The second-order valence-electron chi connectivity index (χ2n) is 9.77. The molecule has 2 bridgehead atoms. The van der Waals surface area contributed by atoms with E-state index in [0.717, 1.165) is 12.0 Å². The van der Waals surface area contributed by atoms with Crippen LogP contribution in [0.25, 0.3) is 0 Å². The van der Waals surface area contributed by atoms with E-state index in [1.807, 2.05) is 42.5 Å². The predicted octanol–water partition coefficient (Wildman–Crippen LogP) is 3.61. The molecule has 1 N–H and O–H groups in total. The SMILES string of the molecule is CC(C)OC(=O)c1ccc(NC(=O)C(Cc2ccccc2)N2C(=O)C3C4C=CC(C4)C3C2=O)cc1. The van der Waals surface area contributed by atoms with Crippen molar-refractivity contribution < 1.29 is 23.9 Å². The van der Waals surface area contributed by atoms with Crippen molar-refractivity contribution in [3.05, 3.63) is 77.9 Å². The maximum atomic E-state index is 13.5. The third-order valence-corrected chi connectivity index (χ3v) is 7.12. The van der Waals surface area contributed by atoms with E-state index in [-0.39, 0.29) is 48.0 Å². The molecule has 5 unspecified atom stereocenters. The largest absolute Gasteiger partial charge is 0.459 e. The molecule has 7 heteroatoms. The van der Waals surface area contributed by atoms with Crippen molar-refractivity contribution >= 4 is 29.4 Å². The first kappa shape index (κ1) is 23.0. The molecular formula is C28H28N2O5. The summed E-state index contributed by atoms with van der Waals surface area (Å²) >= 11 is 0. The molecule has 1 saturated heterocycles. The van der Waals surface area contributed by atoms with Crippen molar-refractivity contribution in [2.75, 3.05) is 5.32 Å². The Morgan fingerprint density at radius 1 is 0.943 bits per heavy atom. The lowest BCUT2D eigenvalue weighted by molar-refractivity contribution is -0.147. The van der Waals surface area contributed by atoms with Gasteiger partial charge in [-0.2, -0.15) is 0 Å². The fourth-order valence-electron chi connectivity index (χ4n) is 5.57. The van der Waals surface area contributed by atoms with Gasteiger partial charge in [0.1, 0.15) is 6.04 Å². The number of likely N-dealkylation sites (tertiary alicyclic amines) is 1. The van der Waals surface area contributed by atoms with Crippen LogP contribution in [-0.2, 0) is 25.5 Å². The molecule has 1 aliphatic heterocycles. The van der Waals surface area contributed by atoms with Gasteiger partial charge in [0.15, 0.2) is 0 Å². The molecule has 0 radical (unpaired) electrons. The van der Waals surface area contributed by atoms with Gasteiger partial charge in [-0.1, -0.05) is 42.5 Å². The minimum absolute atomic E-state index is 0.0741. The van der Waals surface area contributed by atoms with Crippen molar-refractivity contribution in [3.8, 4) is 0 Å². The minimum atomic E-state index is -0.965. The summed E-state index contributed by atoms with van der Waals surface area (Å²) in [5.74, 6) is -1.96. The monoisotopic (exact) mass is 472 g/mol. The molecule has 5 rings (SSSR count). The molecule has 3 amide bonds. The second kappa shape index (κ2) is 9.13. The zero-order valence-corrected chi connectivity index (χ0v) is 19.7. The number of hydrogen-bond donors (Lipinski definition) is 1. The Morgan fingerprint density at radius 2 is 1.54 bits per heavy atom. The van der Waals surface area contributed by atoms with Crippen molar-refractivity contribution in [2.24, 2.45) is 23.7 Å². The van der Waals surface area contributed by atoms with Gasteiger partial charge in [-0.05, 0) is 61.9 Å². The van der Waals surface area contributed by atoms with E-state index in [1.165, 1.54) is 4.90 Å². The number of carbonyl (C=O) groups is 4. The van der Waals surface area contributed by atoms with E-state index in [2.05, 4.69) is 5.32 Å². The van der Waals surface area contributed by atoms with Crippen LogP contribution in [0.1, 0.15) is 36.2 Å². The van der Waals surface area contributed by atoms with Gasteiger partial charge >= 0.3 is 5.97 Å². The van der Waals surface area contributed by atoms with Gasteiger partial charge in [-0.3, -0.25) is 19.3 Å². The van der Waals surface area contributed by atoms with Gasteiger partial charge in [0.25, 0.3) is 0 Å². The van der Waals surface area contributed by atoms with E-state index < -0.39 is 17.9 Å². The molecular weight excluding hydrogens is 444 g/mol. The maximum Gasteiger partial charge on any atom is 0.338 e. The number of nitrogens with one attached hydrogen (secondary N) is 1. The highest BCUT2D eigenvalue weighted by Gasteiger charge is 2.61. The number of allylic oxidation sites excluding steroid dienone is 2. The van der Waals surface area contributed by atoms with E-state index >= 15 is 0 Å². The van der Waals surface area contributed by atoms with Crippen LogP contribution >= 0.6 is 0 Å². The van der Waals surface area contributed by atoms with Crippen LogP contribution in [0.15, 0.2) is 66.7 Å². The first-order valence-corrected chi connectivity index (χ1v) is 12.0. The number of carbonyl (C=O) groups excluding carboxylic acids is 4. The van der Waals surface area contributed by atoms with Crippen LogP contribution in [0.5, 0.6) is 0 Å². The number of ether oxygens (including phenoxy) is 1. The number of esters is 1. The zero-order chi connectivity index (χ0) is 24.7. The second-order valence-corrected chi connectivity index (χ2v) is 9.77. The summed E-state index contributed by atoms with van der Waals surface area (Å²) < 4.78 is 5.20. The maximum absolute atomic E-state index is 13.5. The van der Waals surface area contributed by atoms with Crippen molar-refractivity contribution in [3.63, 3.8) is 0 Å². The van der Waals surface area contributed by atoms with Crippen molar-refractivity contribution in [2.45, 2.75) is 38.8 Å². The number of imide groups is 1. The molecule has 35 heavy (non-hydrogen) atoms. The summed E-state index contributed by atoms with van der Waals surface area (Å²) in [7, 11) is 0. The van der Waals surface area contributed by atoms with E-state index in [9.17, 15) is 19.2 Å². The topological polar surface area (TPSA) is 92.8 Å². The van der Waals surface area contributed by atoms with Crippen LogP contribution in [-0.4, -0.2) is 40.7 Å². The Bertz CT molecular complexity index is 1160. The molecule has 3 aliphatic rings. The highest BCUT2D eigenvalue weighted by molar-refractivity contribution is 6.11. The molecule has 2 aromatic carbocycles. The first-order chi connectivity index (χ1) is 16.8. The lowest BCUT2D eigenvalue weighted by Crippen LogP contribution is -2.49. The quantitative estimate of drug-likeness (QED) is 0.378. The molecule has 7 nitrogen and oxygen atoms in total. The summed E-state index contributed by atoms with van der Waals surface area (Å²) in [4.78, 5) is 53.6. The highest BCUT2D eigenvalue weighted by Crippen LogP contribution is 2.53. The zero-order valence-electron chi connectivity index (χ0n) is 19.7. The number of hydrogen-bond acceptors (Lipinski definition) is 5. The summed E-state index contributed by atoms with van der Waals surface area (Å²) in [6.45, 7) is 3.55. The molecule has 2 aromatic rings. The smallest absolute Gasteiger partial charge is 0.338 e. The molecule has 180 valence electrons. The van der Waals surface area contributed by atoms with Gasteiger partial charge in [0.05, 0.1) is 23.5 Å². The summed E-state index contributed by atoms with van der Waals surface area (Å²) in [5.41, 5.74) is 1.70. The average Bonchev–Trinajstić information content (AvgIpc) is 3.52. The number of fused-ring (bicyclic) bond motifs is 5. The minimum Gasteiger partial charge on any atom is -0.459 e. The van der Waals surface area contributed by atoms with Crippen molar-refractivity contribution in [1.29, 1.82) is 0 Å². The summed E-state index contributed by atoms with van der Waals surface area (Å²) in [6.07, 6.45) is 4.91. The fourth-order valence-corrected chi connectivity index (χ4v) is 5.57. The number of anilines is 1. The molecule has 1 heterocycles. The van der Waals surface area contributed by atoms with Gasteiger partial charge in [-0.25, -0.2) is 4.79 Å². The van der Waals surface area contributed by atoms with Gasteiger partial charge in [-0.15, -0.1) is 0 Å². The van der Waals surface area contributed by atoms with Crippen LogP contribution in [0, 0.1) is 23.7 Å². The molecule has 0 spiro atoms. The predicted molar refractivity (Wildman–Crippen MR) is 129 cm³/mol. The number of amides is 3. The Hall–Kier alpha value is -3.74. The fraction of sp³-hybridized carbons (Fsp3) is 0.357. The standard InChI is InChI=1S/C28H28N2O5/c1-16(2)35-28(34)18-10-12-21(13-11-18)29-25(31)22(14-17-6-4-3-5-7-17)30-26(32)23-19-8-9-20(15-19)24(23)27(30)33/h3-13,16,19-20,22-24H,14-15H2,1-2H3,(H,29,31). The van der Waals surface area contributed by atoms with Crippen LogP contribution in [0.3, 0.4) is 0 Å². The average molecular weight is 473 g/mol. The van der Waals surface area contributed by atoms with Crippen molar-refractivity contribution in [1.82, 2.24) is 4.90 Å². The van der Waals surface area contributed by atoms with Gasteiger partial charge in [0, 0.05) is 12.1 Å². The Kier molecular flexibility index (Phi) is 6.01. The van der Waals surface area contributed by atoms with E-state index in [0.29, 0.717) is 11.3 Å². The third kappa shape index (κ3) is 4.27. The molecule has 1 saturated carbocycles. The molecule has 0 aromatic heterocycles.